The van der Waals surface area contributed by atoms with Gasteiger partial charge in [0, 0.05) is 6.04 Å². The summed E-state index contributed by atoms with van der Waals surface area (Å²) in [5.74, 6) is -0.748. The van der Waals surface area contributed by atoms with Crippen LogP contribution in [-0.4, -0.2) is 35.1 Å². The molecule has 1 saturated heterocycles. The molecule has 0 aromatic rings. The van der Waals surface area contributed by atoms with E-state index in [1.165, 1.54) is 25.8 Å². The lowest BCUT2D eigenvalue weighted by molar-refractivity contribution is -0.136. The van der Waals surface area contributed by atoms with Gasteiger partial charge in [0.05, 0.1) is 6.42 Å². The van der Waals surface area contributed by atoms with Gasteiger partial charge in [-0.1, -0.05) is 25.5 Å². The van der Waals surface area contributed by atoms with Crippen molar-refractivity contribution in [2.24, 2.45) is 0 Å². The van der Waals surface area contributed by atoms with Crippen molar-refractivity contribution in [2.45, 2.75) is 45.1 Å². The number of aliphatic carboxylic acids is 1. The summed E-state index contributed by atoms with van der Waals surface area (Å²) >= 11 is 0. The third-order valence-corrected chi connectivity index (χ3v) is 3.02. The number of nitrogens with zero attached hydrogens (tertiary/aromatic N) is 1. The van der Waals surface area contributed by atoms with Crippen molar-refractivity contribution in [3.8, 4) is 0 Å². The number of hydrogen-bond donors (Lipinski definition) is 1. The highest BCUT2D eigenvalue weighted by Crippen LogP contribution is 2.19. The van der Waals surface area contributed by atoms with Gasteiger partial charge in [-0.05, 0) is 32.4 Å². The van der Waals surface area contributed by atoms with E-state index in [-0.39, 0.29) is 6.42 Å². The molecule has 1 atom stereocenters. The first-order valence-corrected chi connectivity index (χ1v) is 5.85. The van der Waals surface area contributed by atoms with Gasteiger partial charge < -0.3 is 10.0 Å². The van der Waals surface area contributed by atoms with Crippen LogP contribution >= 0.6 is 0 Å². The summed E-state index contributed by atoms with van der Waals surface area (Å²) in [6.07, 6.45) is 8.82. The Morgan fingerprint density at radius 3 is 2.93 bits per heavy atom. The Kier molecular flexibility index (Phi) is 5.40. The van der Waals surface area contributed by atoms with Gasteiger partial charge in [0.15, 0.2) is 0 Å². The number of likely N-dealkylation sites (tertiary alicyclic amines) is 1. The van der Waals surface area contributed by atoms with Crippen molar-refractivity contribution >= 4 is 5.97 Å². The summed E-state index contributed by atoms with van der Waals surface area (Å²) in [7, 11) is 0. The van der Waals surface area contributed by atoms with E-state index in [4.69, 9.17) is 5.11 Å². The minimum atomic E-state index is -0.748. The van der Waals surface area contributed by atoms with E-state index in [2.05, 4.69) is 11.8 Å². The van der Waals surface area contributed by atoms with Crippen LogP contribution in [0.5, 0.6) is 0 Å². The van der Waals surface area contributed by atoms with Crippen molar-refractivity contribution in [3.63, 3.8) is 0 Å². The molecule has 0 spiro atoms. The molecule has 15 heavy (non-hydrogen) atoms. The predicted molar refractivity (Wildman–Crippen MR) is 60.9 cm³/mol. The Labute approximate surface area is 91.8 Å². The SMILES string of the molecule is CCN1CCCCC1C/C=C\CC(=O)O. The molecule has 0 saturated carbocycles. The zero-order chi connectivity index (χ0) is 11.1. The summed E-state index contributed by atoms with van der Waals surface area (Å²) in [6, 6.07) is 0.633. The molecular weight excluding hydrogens is 190 g/mol. The molecule has 1 heterocycles. The molecule has 0 radical (unpaired) electrons. The van der Waals surface area contributed by atoms with Crippen molar-refractivity contribution < 1.29 is 9.90 Å². The van der Waals surface area contributed by atoms with Gasteiger partial charge in [-0.15, -0.1) is 0 Å². The molecular formula is C12H21NO2. The molecule has 3 heteroatoms. The fourth-order valence-corrected chi connectivity index (χ4v) is 2.18. The third kappa shape index (κ3) is 4.47. The van der Waals surface area contributed by atoms with E-state index in [1.54, 1.807) is 6.08 Å². The monoisotopic (exact) mass is 211 g/mol. The van der Waals surface area contributed by atoms with Crippen LogP contribution in [0.2, 0.25) is 0 Å². The molecule has 86 valence electrons. The molecule has 1 N–H and O–H groups in total. The lowest BCUT2D eigenvalue weighted by Gasteiger charge is -2.34. The van der Waals surface area contributed by atoms with Crippen molar-refractivity contribution in [2.75, 3.05) is 13.1 Å². The number of piperidine rings is 1. The standard InChI is InChI=1S/C12H21NO2/c1-2-13-10-6-5-8-11(13)7-3-4-9-12(14)15/h3-4,11H,2,5-10H2,1H3,(H,14,15)/b4-3-. The first-order chi connectivity index (χ1) is 7.24. The molecule has 1 fully saturated rings. The summed E-state index contributed by atoms with van der Waals surface area (Å²) in [5, 5.41) is 8.49. The van der Waals surface area contributed by atoms with Gasteiger partial charge >= 0.3 is 5.97 Å². The largest absolute Gasteiger partial charge is 0.481 e. The molecule has 0 amide bonds. The quantitative estimate of drug-likeness (QED) is 0.709. The van der Waals surface area contributed by atoms with E-state index in [9.17, 15) is 4.79 Å². The predicted octanol–water partition coefficient (Wildman–Crippen LogP) is 2.28. The van der Waals surface area contributed by atoms with Crippen LogP contribution in [0, 0.1) is 0 Å². The Bertz CT molecular complexity index is 226. The van der Waals surface area contributed by atoms with Crippen LogP contribution in [0.4, 0.5) is 0 Å². The van der Waals surface area contributed by atoms with Gasteiger partial charge in [-0.25, -0.2) is 0 Å². The molecule has 0 aromatic heterocycles. The number of carboxylic acids is 1. The second-order valence-electron chi connectivity index (χ2n) is 4.08. The highest BCUT2D eigenvalue weighted by Gasteiger charge is 2.18. The maximum absolute atomic E-state index is 10.3. The molecule has 3 nitrogen and oxygen atoms in total. The molecule has 0 aliphatic carbocycles. The molecule has 1 aliphatic rings. The van der Waals surface area contributed by atoms with Crippen molar-refractivity contribution in [1.29, 1.82) is 0 Å². The Morgan fingerprint density at radius 2 is 2.27 bits per heavy atom. The highest BCUT2D eigenvalue weighted by atomic mass is 16.4. The minimum Gasteiger partial charge on any atom is -0.481 e. The molecule has 1 aliphatic heterocycles. The lowest BCUT2D eigenvalue weighted by Crippen LogP contribution is -2.38. The van der Waals surface area contributed by atoms with E-state index in [0.29, 0.717) is 6.04 Å². The van der Waals surface area contributed by atoms with E-state index in [0.717, 1.165) is 13.0 Å². The zero-order valence-electron chi connectivity index (χ0n) is 9.48. The topological polar surface area (TPSA) is 40.5 Å². The Hall–Kier alpha value is -0.830. The van der Waals surface area contributed by atoms with Crippen LogP contribution in [-0.2, 0) is 4.79 Å². The zero-order valence-corrected chi connectivity index (χ0v) is 9.48. The number of hydrogen-bond acceptors (Lipinski definition) is 2. The fraction of sp³-hybridized carbons (Fsp3) is 0.750. The molecule has 1 rings (SSSR count). The number of carboxylic acid groups (broad SMARTS) is 1. The highest BCUT2D eigenvalue weighted by molar-refractivity contribution is 5.68. The summed E-state index contributed by atoms with van der Waals surface area (Å²) in [5.41, 5.74) is 0. The second-order valence-corrected chi connectivity index (χ2v) is 4.08. The number of rotatable bonds is 5. The first kappa shape index (κ1) is 12.2. The average molecular weight is 211 g/mol. The van der Waals surface area contributed by atoms with Crippen LogP contribution in [0.15, 0.2) is 12.2 Å². The van der Waals surface area contributed by atoms with E-state index >= 15 is 0 Å². The van der Waals surface area contributed by atoms with Gasteiger partial charge in [0.1, 0.15) is 0 Å². The summed E-state index contributed by atoms with van der Waals surface area (Å²) < 4.78 is 0. The van der Waals surface area contributed by atoms with Crippen LogP contribution in [0.25, 0.3) is 0 Å². The minimum absolute atomic E-state index is 0.152. The fourth-order valence-electron chi connectivity index (χ4n) is 2.18. The van der Waals surface area contributed by atoms with E-state index < -0.39 is 5.97 Å². The van der Waals surface area contributed by atoms with Gasteiger partial charge in [-0.3, -0.25) is 4.79 Å². The first-order valence-electron chi connectivity index (χ1n) is 5.85. The van der Waals surface area contributed by atoms with E-state index in [1.807, 2.05) is 6.08 Å². The maximum atomic E-state index is 10.3. The average Bonchev–Trinajstić information content (AvgIpc) is 2.24. The summed E-state index contributed by atoms with van der Waals surface area (Å²) in [6.45, 7) is 4.50. The summed E-state index contributed by atoms with van der Waals surface area (Å²) in [4.78, 5) is 12.8. The maximum Gasteiger partial charge on any atom is 0.307 e. The normalized spacial score (nSPS) is 23.4. The van der Waals surface area contributed by atoms with Crippen molar-refractivity contribution in [1.82, 2.24) is 4.90 Å². The van der Waals surface area contributed by atoms with Crippen LogP contribution < -0.4 is 0 Å². The lowest BCUT2D eigenvalue weighted by atomic mass is 9.99. The van der Waals surface area contributed by atoms with Gasteiger partial charge in [0.2, 0.25) is 0 Å². The third-order valence-electron chi connectivity index (χ3n) is 3.02. The van der Waals surface area contributed by atoms with Crippen molar-refractivity contribution in [3.05, 3.63) is 12.2 Å². The van der Waals surface area contributed by atoms with Crippen LogP contribution in [0.3, 0.4) is 0 Å². The Morgan fingerprint density at radius 1 is 1.47 bits per heavy atom. The van der Waals surface area contributed by atoms with Gasteiger partial charge in [-0.2, -0.15) is 0 Å². The molecule has 0 aromatic carbocycles. The molecule has 1 unspecified atom stereocenters. The smallest absolute Gasteiger partial charge is 0.307 e. The Balaban J connectivity index is 2.28. The second kappa shape index (κ2) is 6.62. The van der Waals surface area contributed by atoms with Gasteiger partial charge in [0.25, 0.3) is 0 Å². The molecule has 0 bridgehead atoms. The number of carbonyl (C=O) groups is 1. The van der Waals surface area contributed by atoms with Crippen LogP contribution in [0.1, 0.15) is 39.0 Å².